The van der Waals surface area contributed by atoms with E-state index in [1.54, 1.807) is 11.3 Å². The molecule has 0 aromatic carbocycles. The number of nitrogens with one attached hydrogen (secondary N) is 1. The van der Waals surface area contributed by atoms with Crippen molar-refractivity contribution in [2.45, 2.75) is 27.2 Å². The molecule has 0 atom stereocenters. The number of nitrogens with zero attached hydrogens (tertiary/aromatic N) is 4. The molecule has 3 heterocycles. The zero-order chi connectivity index (χ0) is 15.0. The summed E-state index contributed by atoms with van der Waals surface area (Å²) < 4.78 is 1.16. The van der Waals surface area contributed by atoms with Gasteiger partial charge in [0.1, 0.15) is 11.6 Å². The molecule has 3 rings (SSSR count). The third kappa shape index (κ3) is 2.63. The van der Waals surface area contributed by atoms with Crippen molar-refractivity contribution < 1.29 is 0 Å². The summed E-state index contributed by atoms with van der Waals surface area (Å²) in [5, 5.41) is 9.37. The quantitative estimate of drug-likeness (QED) is 0.805. The lowest BCUT2D eigenvalue weighted by molar-refractivity contribution is 0.849. The molecule has 1 N–H and O–H groups in total. The highest BCUT2D eigenvalue weighted by molar-refractivity contribution is 7.17. The Bertz CT molecular complexity index is 754. The van der Waals surface area contributed by atoms with Crippen LogP contribution in [0.2, 0.25) is 0 Å². The van der Waals surface area contributed by atoms with Crippen molar-refractivity contribution >= 4 is 27.4 Å². The predicted octanol–water partition coefficient (Wildman–Crippen LogP) is 3.02. The van der Waals surface area contributed by atoms with Gasteiger partial charge in [0.25, 0.3) is 0 Å². The fourth-order valence-electron chi connectivity index (χ4n) is 2.55. The highest BCUT2D eigenvalue weighted by Gasteiger charge is 2.13. The third-order valence-corrected chi connectivity index (χ3v) is 4.64. The van der Waals surface area contributed by atoms with Crippen molar-refractivity contribution in [1.82, 2.24) is 20.2 Å². The normalized spacial score (nSPS) is 11.2. The second-order valence-corrected chi connectivity index (χ2v) is 6.23. The Labute approximate surface area is 128 Å². The highest BCUT2D eigenvalue weighted by atomic mass is 32.1. The molecule has 0 spiro atoms. The molecule has 21 heavy (non-hydrogen) atoms. The Morgan fingerprint density at radius 3 is 2.76 bits per heavy atom. The van der Waals surface area contributed by atoms with Gasteiger partial charge in [-0.05, 0) is 44.2 Å². The van der Waals surface area contributed by atoms with Crippen LogP contribution in [-0.4, -0.2) is 33.8 Å². The summed E-state index contributed by atoms with van der Waals surface area (Å²) in [6.45, 7) is 6.97. The van der Waals surface area contributed by atoms with E-state index in [0.717, 1.165) is 46.2 Å². The average molecular weight is 301 g/mol. The number of hydrogen-bond acceptors (Lipinski definition) is 5. The fourth-order valence-corrected chi connectivity index (χ4v) is 3.42. The summed E-state index contributed by atoms with van der Waals surface area (Å²) in [4.78, 5) is 11.3. The Morgan fingerprint density at radius 2 is 2.05 bits per heavy atom. The molecule has 6 heteroatoms. The zero-order valence-corrected chi connectivity index (χ0v) is 13.6. The van der Waals surface area contributed by atoms with Gasteiger partial charge in [0.2, 0.25) is 0 Å². The van der Waals surface area contributed by atoms with Crippen molar-refractivity contribution in [1.29, 1.82) is 0 Å². The minimum absolute atomic E-state index is 0.818. The van der Waals surface area contributed by atoms with Gasteiger partial charge in [-0.25, -0.2) is 9.97 Å². The molecule has 3 aromatic heterocycles. The summed E-state index contributed by atoms with van der Waals surface area (Å²) in [5.41, 5.74) is 4.57. The van der Waals surface area contributed by atoms with Crippen LogP contribution < -0.4 is 4.90 Å². The molecule has 110 valence electrons. The molecule has 3 aromatic rings. The number of hydrogen-bond donors (Lipinski definition) is 1. The fraction of sp³-hybridized carbons (Fsp3) is 0.400. The molecule has 0 aliphatic rings. The summed E-state index contributed by atoms with van der Waals surface area (Å²) in [7, 11) is 2.09. The van der Waals surface area contributed by atoms with Crippen LogP contribution in [0.4, 0.5) is 5.82 Å². The first-order valence-electron chi connectivity index (χ1n) is 6.99. The number of rotatable bonds is 4. The maximum absolute atomic E-state index is 4.62. The first-order chi connectivity index (χ1) is 10.1. The first-order valence-corrected chi connectivity index (χ1v) is 7.87. The Morgan fingerprint density at radius 1 is 1.24 bits per heavy atom. The second-order valence-electron chi connectivity index (χ2n) is 5.31. The van der Waals surface area contributed by atoms with E-state index in [9.17, 15) is 0 Å². The van der Waals surface area contributed by atoms with E-state index >= 15 is 0 Å². The van der Waals surface area contributed by atoms with E-state index in [-0.39, 0.29) is 0 Å². The highest BCUT2D eigenvalue weighted by Crippen LogP contribution is 2.28. The number of H-pyrrole nitrogens is 1. The van der Waals surface area contributed by atoms with E-state index in [1.165, 1.54) is 5.56 Å². The van der Waals surface area contributed by atoms with Gasteiger partial charge in [-0.2, -0.15) is 5.10 Å². The standard InChI is InChI=1S/C15H19N5S/c1-9-12(10(2)19-18-9)5-7-20(4)15-14-13(6-8-21-14)16-11(3)17-15/h6,8H,5,7H2,1-4H3,(H,18,19). The predicted molar refractivity (Wildman–Crippen MR) is 87.2 cm³/mol. The molecular weight excluding hydrogens is 282 g/mol. The lowest BCUT2D eigenvalue weighted by Crippen LogP contribution is -2.22. The molecule has 5 nitrogen and oxygen atoms in total. The van der Waals surface area contributed by atoms with Crippen LogP contribution in [0, 0.1) is 20.8 Å². The van der Waals surface area contributed by atoms with Crippen molar-refractivity contribution in [3.63, 3.8) is 0 Å². The Hall–Kier alpha value is -1.95. The molecular formula is C15H19N5S. The van der Waals surface area contributed by atoms with Crippen LogP contribution in [0.1, 0.15) is 22.8 Å². The molecule has 0 unspecified atom stereocenters. The summed E-state index contributed by atoms with van der Waals surface area (Å²) in [6.07, 6.45) is 0.959. The Kier molecular flexibility index (Phi) is 3.63. The molecule has 0 bridgehead atoms. The van der Waals surface area contributed by atoms with Gasteiger partial charge in [-0.1, -0.05) is 0 Å². The number of likely N-dealkylation sites (N-methyl/N-ethyl adjacent to an activating group) is 1. The van der Waals surface area contributed by atoms with Crippen LogP contribution in [-0.2, 0) is 6.42 Å². The second kappa shape index (κ2) is 5.44. The van der Waals surface area contributed by atoms with Crippen molar-refractivity contribution in [2.24, 2.45) is 0 Å². The zero-order valence-electron chi connectivity index (χ0n) is 12.8. The minimum atomic E-state index is 0.818. The van der Waals surface area contributed by atoms with Crippen molar-refractivity contribution in [3.05, 3.63) is 34.2 Å². The van der Waals surface area contributed by atoms with Gasteiger partial charge in [-0.15, -0.1) is 11.3 Å². The lowest BCUT2D eigenvalue weighted by Gasteiger charge is -2.19. The Balaban J connectivity index is 1.84. The number of aromatic amines is 1. The molecule has 0 amide bonds. The van der Waals surface area contributed by atoms with Crippen LogP contribution in [0.5, 0.6) is 0 Å². The smallest absolute Gasteiger partial charge is 0.150 e. The van der Waals surface area contributed by atoms with E-state index in [1.807, 2.05) is 13.8 Å². The van der Waals surface area contributed by atoms with E-state index in [4.69, 9.17) is 0 Å². The van der Waals surface area contributed by atoms with E-state index in [2.05, 4.69) is 50.5 Å². The summed E-state index contributed by atoms with van der Waals surface area (Å²) in [5.74, 6) is 1.84. The molecule has 0 saturated heterocycles. The van der Waals surface area contributed by atoms with E-state index in [0.29, 0.717) is 0 Å². The minimum Gasteiger partial charge on any atom is -0.358 e. The van der Waals surface area contributed by atoms with Crippen LogP contribution in [0.3, 0.4) is 0 Å². The molecule has 0 saturated carbocycles. The van der Waals surface area contributed by atoms with Gasteiger partial charge < -0.3 is 4.90 Å². The lowest BCUT2D eigenvalue weighted by atomic mass is 10.1. The monoisotopic (exact) mass is 301 g/mol. The summed E-state index contributed by atoms with van der Waals surface area (Å²) >= 11 is 1.70. The van der Waals surface area contributed by atoms with Crippen LogP contribution in [0.25, 0.3) is 10.2 Å². The SMILES string of the molecule is Cc1nc(N(C)CCc2c(C)n[nH]c2C)c2sccc2n1. The number of anilines is 1. The largest absolute Gasteiger partial charge is 0.358 e. The topological polar surface area (TPSA) is 57.7 Å². The molecule has 0 aliphatic carbocycles. The van der Waals surface area contributed by atoms with Gasteiger partial charge in [0.15, 0.2) is 0 Å². The number of aryl methyl sites for hydroxylation is 3. The number of thiophene rings is 1. The maximum atomic E-state index is 4.62. The van der Waals surface area contributed by atoms with Crippen LogP contribution >= 0.6 is 11.3 Å². The maximum Gasteiger partial charge on any atom is 0.150 e. The van der Waals surface area contributed by atoms with Gasteiger partial charge >= 0.3 is 0 Å². The van der Waals surface area contributed by atoms with Gasteiger partial charge in [0, 0.05) is 19.3 Å². The molecule has 0 fully saturated rings. The number of aromatic nitrogens is 4. The van der Waals surface area contributed by atoms with Crippen LogP contribution in [0.15, 0.2) is 11.4 Å². The van der Waals surface area contributed by atoms with Gasteiger partial charge in [-0.3, -0.25) is 5.10 Å². The average Bonchev–Trinajstić information content (AvgIpc) is 3.03. The van der Waals surface area contributed by atoms with Crippen molar-refractivity contribution in [2.75, 3.05) is 18.5 Å². The van der Waals surface area contributed by atoms with Crippen molar-refractivity contribution in [3.8, 4) is 0 Å². The van der Waals surface area contributed by atoms with E-state index < -0.39 is 0 Å². The number of fused-ring (bicyclic) bond motifs is 1. The first kappa shape index (κ1) is 14.0. The summed E-state index contributed by atoms with van der Waals surface area (Å²) in [6, 6.07) is 2.05. The third-order valence-electron chi connectivity index (χ3n) is 3.74. The molecule has 0 aliphatic heterocycles. The van der Waals surface area contributed by atoms with Gasteiger partial charge in [0.05, 0.1) is 15.9 Å². The molecule has 0 radical (unpaired) electrons.